The van der Waals surface area contributed by atoms with Crippen LogP contribution < -0.4 is 5.32 Å². The van der Waals surface area contributed by atoms with E-state index in [1.807, 2.05) is 6.08 Å². The molecule has 1 aromatic carbocycles. The molecule has 1 aliphatic rings. The minimum absolute atomic E-state index is 0.0542. The van der Waals surface area contributed by atoms with Crippen LogP contribution in [-0.4, -0.2) is 16.0 Å². The van der Waals surface area contributed by atoms with Crippen molar-refractivity contribution in [2.24, 2.45) is 5.92 Å². The number of allylic oxidation sites excluding steroid dienone is 2. The molecule has 0 fully saturated rings. The average Bonchev–Trinajstić information content (AvgIpc) is 3.02. The minimum Gasteiger partial charge on any atom is -0.348 e. The molecule has 7 heteroatoms. The van der Waals surface area contributed by atoms with Crippen LogP contribution in [0.1, 0.15) is 25.1 Å². The number of nitrogens with zero attached hydrogens (tertiary/aromatic N) is 2. The van der Waals surface area contributed by atoms with E-state index in [0.29, 0.717) is 6.42 Å². The quantitative estimate of drug-likeness (QED) is 0.880. The molecule has 0 bridgehead atoms. The van der Waals surface area contributed by atoms with Crippen LogP contribution in [0.15, 0.2) is 34.9 Å². The highest BCUT2D eigenvalue weighted by atomic mass is 19.1. The van der Waals surface area contributed by atoms with Crippen LogP contribution in [0.4, 0.5) is 8.78 Å². The van der Waals surface area contributed by atoms with Crippen molar-refractivity contribution >= 4 is 5.91 Å². The number of halogens is 2. The Kier molecular flexibility index (Phi) is 4.45. The third-order valence-corrected chi connectivity index (χ3v) is 3.71. The third kappa shape index (κ3) is 3.44. The number of hydrogen-bond acceptors (Lipinski definition) is 4. The maximum atomic E-state index is 13.7. The van der Waals surface area contributed by atoms with Gasteiger partial charge in [-0.05, 0) is 31.4 Å². The molecule has 120 valence electrons. The lowest BCUT2D eigenvalue weighted by molar-refractivity contribution is -0.125. The molecule has 2 aromatic rings. The SMILES string of the molecule is O=C(NCc1noc(-c2c(F)cccc2F)n1)[C@H]1CC=CCC1. The lowest BCUT2D eigenvalue weighted by Gasteiger charge is -2.16. The number of amides is 1. The first-order chi connectivity index (χ1) is 11.1. The molecule has 1 amide bonds. The summed E-state index contributed by atoms with van der Waals surface area (Å²) in [6.07, 6.45) is 6.44. The molecule has 0 radical (unpaired) electrons. The van der Waals surface area contributed by atoms with Gasteiger partial charge in [-0.1, -0.05) is 23.4 Å². The first-order valence-corrected chi connectivity index (χ1v) is 7.35. The van der Waals surface area contributed by atoms with E-state index >= 15 is 0 Å². The molecule has 1 N–H and O–H groups in total. The van der Waals surface area contributed by atoms with Crippen LogP contribution in [0.2, 0.25) is 0 Å². The molecule has 0 aliphatic heterocycles. The number of carbonyl (C=O) groups is 1. The van der Waals surface area contributed by atoms with Crippen molar-refractivity contribution in [2.45, 2.75) is 25.8 Å². The average molecular weight is 319 g/mol. The standard InChI is InChI=1S/C16H15F2N3O2/c17-11-7-4-8-12(18)14(11)16-20-13(21-23-16)9-19-15(22)10-5-2-1-3-6-10/h1-2,4,7-8,10H,3,5-6,9H2,(H,19,22)/t10-/m0/s1. The van der Waals surface area contributed by atoms with Gasteiger partial charge in [-0.3, -0.25) is 4.79 Å². The fourth-order valence-electron chi connectivity index (χ4n) is 2.47. The van der Waals surface area contributed by atoms with Crippen LogP contribution in [-0.2, 0) is 11.3 Å². The van der Waals surface area contributed by atoms with Crippen molar-refractivity contribution in [1.82, 2.24) is 15.5 Å². The Balaban J connectivity index is 1.66. The van der Waals surface area contributed by atoms with Crippen molar-refractivity contribution < 1.29 is 18.1 Å². The number of aromatic nitrogens is 2. The monoisotopic (exact) mass is 319 g/mol. The highest BCUT2D eigenvalue weighted by Crippen LogP contribution is 2.24. The highest BCUT2D eigenvalue weighted by molar-refractivity contribution is 5.78. The normalized spacial score (nSPS) is 17.2. The number of benzene rings is 1. The largest absolute Gasteiger partial charge is 0.348 e. The summed E-state index contributed by atoms with van der Waals surface area (Å²) in [4.78, 5) is 15.9. The van der Waals surface area contributed by atoms with Gasteiger partial charge >= 0.3 is 0 Å². The van der Waals surface area contributed by atoms with Gasteiger partial charge in [-0.2, -0.15) is 4.98 Å². The van der Waals surface area contributed by atoms with Gasteiger partial charge < -0.3 is 9.84 Å². The second-order valence-electron chi connectivity index (χ2n) is 5.31. The van der Waals surface area contributed by atoms with E-state index in [-0.39, 0.29) is 35.6 Å². The lowest BCUT2D eigenvalue weighted by atomic mass is 9.94. The van der Waals surface area contributed by atoms with Crippen molar-refractivity contribution in [2.75, 3.05) is 0 Å². The van der Waals surface area contributed by atoms with Gasteiger partial charge in [0.1, 0.15) is 17.2 Å². The van der Waals surface area contributed by atoms with Crippen LogP contribution in [0, 0.1) is 17.6 Å². The number of carbonyl (C=O) groups excluding carboxylic acids is 1. The van der Waals surface area contributed by atoms with Gasteiger partial charge in [0.05, 0.1) is 6.54 Å². The summed E-state index contributed by atoms with van der Waals surface area (Å²) in [6, 6.07) is 3.48. The van der Waals surface area contributed by atoms with Crippen molar-refractivity contribution in [3.63, 3.8) is 0 Å². The Bertz CT molecular complexity index is 722. The molecular weight excluding hydrogens is 304 g/mol. The topological polar surface area (TPSA) is 68.0 Å². The first-order valence-electron chi connectivity index (χ1n) is 7.35. The van der Waals surface area contributed by atoms with E-state index in [0.717, 1.165) is 25.0 Å². The van der Waals surface area contributed by atoms with E-state index in [4.69, 9.17) is 4.52 Å². The molecule has 1 aromatic heterocycles. The maximum absolute atomic E-state index is 13.7. The summed E-state index contributed by atoms with van der Waals surface area (Å²) >= 11 is 0. The highest BCUT2D eigenvalue weighted by Gasteiger charge is 2.20. The Morgan fingerprint density at radius 2 is 2.09 bits per heavy atom. The van der Waals surface area contributed by atoms with E-state index in [1.165, 1.54) is 6.07 Å². The molecule has 5 nitrogen and oxygen atoms in total. The lowest BCUT2D eigenvalue weighted by Crippen LogP contribution is -2.31. The van der Waals surface area contributed by atoms with Gasteiger partial charge in [0.25, 0.3) is 5.89 Å². The zero-order valence-electron chi connectivity index (χ0n) is 12.3. The summed E-state index contributed by atoms with van der Waals surface area (Å²) in [5.41, 5.74) is -0.366. The van der Waals surface area contributed by atoms with Gasteiger partial charge in [-0.25, -0.2) is 8.78 Å². The summed E-state index contributed by atoms with van der Waals surface area (Å²) < 4.78 is 32.2. The molecule has 0 saturated heterocycles. The predicted octanol–water partition coefficient (Wildman–Crippen LogP) is 2.99. The molecule has 1 heterocycles. The molecule has 23 heavy (non-hydrogen) atoms. The Morgan fingerprint density at radius 1 is 1.30 bits per heavy atom. The molecule has 0 saturated carbocycles. The van der Waals surface area contributed by atoms with Gasteiger partial charge in [0.15, 0.2) is 5.82 Å². The molecular formula is C16H15F2N3O2. The minimum atomic E-state index is -0.779. The van der Waals surface area contributed by atoms with Crippen molar-refractivity contribution in [1.29, 1.82) is 0 Å². The van der Waals surface area contributed by atoms with Gasteiger partial charge in [0.2, 0.25) is 5.91 Å². The molecule has 3 rings (SSSR count). The van der Waals surface area contributed by atoms with E-state index < -0.39 is 11.6 Å². The zero-order chi connectivity index (χ0) is 16.2. The van der Waals surface area contributed by atoms with E-state index in [2.05, 4.69) is 21.5 Å². The molecule has 0 unspecified atom stereocenters. The summed E-state index contributed by atoms with van der Waals surface area (Å²) in [7, 11) is 0. The van der Waals surface area contributed by atoms with Crippen LogP contribution in [0.3, 0.4) is 0 Å². The molecule has 1 atom stereocenters. The fraction of sp³-hybridized carbons (Fsp3) is 0.312. The van der Waals surface area contributed by atoms with Crippen LogP contribution >= 0.6 is 0 Å². The van der Waals surface area contributed by atoms with Crippen LogP contribution in [0.25, 0.3) is 11.5 Å². The summed E-state index contributed by atoms with van der Waals surface area (Å²) in [5.74, 6) is -1.78. The zero-order valence-corrected chi connectivity index (χ0v) is 12.3. The van der Waals surface area contributed by atoms with Crippen molar-refractivity contribution in [3.05, 3.63) is 47.8 Å². The Labute approximate surface area is 131 Å². The van der Waals surface area contributed by atoms with Gasteiger partial charge in [0, 0.05) is 5.92 Å². The number of hydrogen-bond donors (Lipinski definition) is 1. The van der Waals surface area contributed by atoms with Crippen LogP contribution in [0.5, 0.6) is 0 Å². The maximum Gasteiger partial charge on any atom is 0.263 e. The van der Waals surface area contributed by atoms with Gasteiger partial charge in [-0.15, -0.1) is 0 Å². The number of rotatable bonds is 4. The second kappa shape index (κ2) is 6.68. The predicted molar refractivity (Wildman–Crippen MR) is 78.0 cm³/mol. The summed E-state index contributed by atoms with van der Waals surface area (Å²) in [6.45, 7) is 0.0542. The second-order valence-corrected chi connectivity index (χ2v) is 5.31. The van der Waals surface area contributed by atoms with E-state index in [1.54, 1.807) is 0 Å². The Hall–Kier alpha value is -2.57. The molecule has 1 aliphatic carbocycles. The first kappa shape index (κ1) is 15.3. The Morgan fingerprint density at radius 3 is 2.78 bits per heavy atom. The van der Waals surface area contributed by atoms with E-state index in [9.17, 15) is 13.6 Å². The number of nitrogens with one attached hydrogen (secondary N) is 1. The molecule has 0 spiro atoms. The smallest absolute Gasteiger partial charge is 0.263 e. The van der Waals surface area contributed by atoms with Crippen molar-refractivity contribution in [3.8, 4) is 11.5 Å². The fourth-order valence-corrected chi connectivity index (χ4v) is 2.47. The summed E-state index contributed by atoms with van der Waals surface area (Å²) in [5, 5.41) is 6.36. The third-order valence-electron chi connectivity index (χ3n) is 3.71.